The molecule has 1 aromatic rings. The molecule has 2 unspecified atom stereocenters. The molecule has 2 atom stereocenters. The number of benzene rings is 1. The van der Waals surface area contributed by atoms with Crippen LogP contribution in [0.5, 0.6) is 5.75 Å². The molecule has 0 saturated heterocycles. The molecule has 0 aliphatic heterocycles. The van der Waals surface area contributed by atoms with Crippen molar-refractivity contribution >= 4 is 5.91 Å². The van der Waals surface area contributed by atoms with Gasteiger partial charge in [-0.1, -0.05) is 17.7 Å². The molecule has 0 aliphatic carbocycles. The molecule has 1 amide bonds. The molecule has 112 valence electrons. The Bertz CT molecular complexity index is 449. The number of ether oxygens (including phenoxy) is 1. The highest BCUT2D eigenvalue weighted by Gasteiger charge is 2.17. The third-order valence-corrected chi connectivity index (χ3v) is 3.15. The van der Waals surface area contributed by atoms with Gasteiger partial charge in [-0.2, -0.15) is 0 Å². The number of carbonyl (C=O) groups is 1. The fourth-order valence-electron chi connectivity index (χ4n) is 1.99. The standard InChI is InChI=1S/C15H24N2O3/c1-10-5-6-14(18)13(9-10)11(2)17-12(3)15(19)16-7-8-20-4/h5-6,9,11-12,17-18H,7-8H2,1-4H3,(H,16,19). The van der Waals surface area contributed by atoms with Gasteiger partial charge in [0.25, 0.3) is 0 Å². The Hall–Kier alpha value is -1.59. The molecule has 20 heavy (non-hydrogen) atoms. The number of aryl methyl sites for hydroxylation is 1. The van der Waals surface area contributed by atoms with Crippen LogP contribution in [0.2, 0.25) is 0 Å². The third kappa shape index (κ3) is 4.83. The molecule has 0 aliphatic rings. The highest BCUT2D eigenvalue weighted by molar-refractivity contribution is 5.81. The maximum atomic E-state index is 11.8. The number of hydrogen-bond donors (Lipinski definition) is 3. The zero-order valence-electron chi connectivity index (χ0n) is 12.6. The smallest absolute Gasteiger partial charge is 0.236 e. The second-order valence-corrected chi connectivity index (χ2v) is 4.96. The second-order valence-electron chi connectivity index (χ2n) is 4.96. The minimum absolute atomic E-state index is 0.0824. The van der Waals surface area contributed by atoms with Crippen molar-refractivity contribution in [3.8, 4) is 5.75 Å². The normalized spacial score (nSPS) is 13.8. The average Bonchev–Trinajstić information content (AvgIpc) is 2.41. The molecule has 1 rings (SSSR count). The van der Waals surface area contributed by atoms with Crippen molar-refractivity contribution in [1.82, 2.24) is 10.6 Å². The number of aromatic hydroxyl groups is 1. The van der Waals surface area contributed by atoms with Crippen LogP contribution in [0.25, 0.3) is 0 Å². The van der Waals surface area contributed by atoms with Gasteiger partial charge < -0.3 is 15.2 Å². The summed E-state index contributed by atoms with van der Waals surface area (Å²) in [5.74, 6) is 0.156. The van der Waals surface area contributed by atoms with E-state index in [2.05, 4.69) is 10.6 Å². The summed E-state index contributed by atoms with van der Waals surface area (Å²) in [5.41, 5.74) is 1.87. The summed E-state index contributed by atoms with van der Waals surface area (Å²) in [6.45, 7) is 6.67. The Kier molecular flexibility index (Phi) is 6.48. The molecule has 3 N–H and O–H groups in total. The molecular weight excluding hydrogens is 256 g/mol. The number of methoxy groups -OCH3 is 1. The zero-order chi connectivity index (χ0) is 15.1. The van der Waals surface area contributed by atoms with Crippen molar-refractivity contribution in [3.05, 3.63) is 29.3 Å². The van der Waals surface area contributed by atoms with Crippen molar-refractivity contribution in [2.75, 3.05) is 20.3 Å². The summed E-state index contributed by atoms with van der Waals surface area (Å²) in [7, 11) is 1.59. The first-order valence-corrected chi connectivity index (χ1v) is 6.78. The number of nitrogens with one attached hydrogen (secondary N) is 2. The van der Waals surface area contributed by atoms with Gasteiger partial charge in [-0.3, -0.25) is 10.1 Å². The van der Waals surface area contributed by atoms with Gasteiger partial charge in [-0.25, -0.2) is 0 Å². The van der Waals surface area contributed by atoms with Crippen LogP contribution in [0, 0.1) is 6.92 Å². The molecule has 0 spiro atoms. The highest BCUT2D eigenvalue weighted by Crippen LogP contribution is 2.25. The van der Waals surface area contributed by atoms with Gasteiger partial charge in [-0.15, -0.1) is 0 Å². The average molecular weight is 280 g/mol. The van der Waals surface area contributed by atoms with E-state index in [0.717, 1.165) is 11.1 Å². The maximum Gasteiger partial charge on any atom is 0.236 e. The zero-order valence-corrected chi connectivity index (χ0v) is 12.6. The predicted octanol–water partition coefficient (Wildman–Crippen LogP) is 1.50. The van der Waals surface area contributed by atoms with E-state index in [1.54, 1.807) is 20.1 Å². The van der Waals surface area contributed by atoms with E-state index in [-0.39, 0.29) is 23.7 Å². The van der Waals surface area contributed by atoms with Crippen molar-refractivity contribution in [2.24, 2.45) is 0 Å². The topological polar surface area (TPSA) is 70.6 Å². The van der Waals surface area contributed by atoms with E-state index in [1.165, 1.54) is 0 Å². The largest absolute Gasteiger partial charge is 0.508 e. The SMILES string of the molecule is COCCNC(=O)C(C)NC(C)c1cc(C)ccc1O. The van der Waals surface area contributed by atoms with Crippen molar-refractivity contribution < 1.29 is 14.6 Å². The molecule has 0 fully saturated rings. The van der Waals surface area contributed by atoms with Gasteiger partial charge in [0, 0.05) is 25.3 Å². The number of rotatable bonds is 7. The molecule has 5 nitrogen and oxygen atoms in total. The van der Waals surface area contributed by atoms with Gasteiger partial charge in [0.15, 0.2) is 0 Å². The number of phenolic OH excluding ortho intramolecular Hbond substituents is 1. The van der Waals surface area contributed by atoms with Gasteiger partial charge >= 0.3 is 0 Å². The van der Waals surface area contributed by atoms with E-state index < -0.39 is 0 Å². The monoisotopic (exact) mass is 280 g/mol. The van der Waals surface area contributed by atoms with Crippen molar-refractivity contribution in [1.29, 1.82) is 0 Å². The Balaban J connectivity index is 2.58. The summed E-state index contributed by atoms with van der Waals surface area (Å²) in [6, 6.07) is 4.99. The fraction of sp³-hybridized carbons (Fsp3) is 0.533. The number of hydrogen-bond acceptors (Lipinski definition) is 4. The fourth-order valence-corrected chi connectivity index (χ4v) is 1.99. The Morgan fingerprint density at radius 3 is 2.75 bits per heavy atom. The summed E-state index contributed by atoms with van der Waals surface area (Å²) in [6.07, 6.45) is 0. The van der Waals surface area contributed by atoms with Crippen LogP contribution in [-0.2, 0) is 9.53 Å². The maximum absolute atomic E-state index is 11.8. The lowest BCUT2D eigenvalue weighted by atomic mass is 10.0. The molecule has 0 saturated carbocycles. The minimum atomic E-state index is -0.346. The van der Waals surface area contributed by atoms with Crippen LogP contribution >= 0.6 is 0 Å². The number of amides is 1. The van der Waals surface area contributed by atoms with Crippen molar-refractivity contribution in [3.63, 3.8) is 0 Å². The van der Waals surface area contributed by atoms with Gasteiger partial charge in [0.1, 0.15) is 5.75 Å². The summed E-state index contributed by atoms with van der Waals surface area (Å²) in [4.78, 5) is 11.8. The quantitative estimate of drug-likeness (QED) is 0.662. The lowest BCUT2D eigenvalue weighted by molar-refractivity contribution is -0.123. The second kappa shape index (κ2) is 7.87. The van der Waals surface area contributed by atoms with Crippen LogP contribution in [0.15, 0.2) is 18.2 Å². The van der Waals surface area contributed by atoms with Crippen LogP contribution < -0.4 is 10.6 Å². The van der Waals surface area contributed by atoms with Crippen LogP contribution in [0.1, 0.15) is 31.0 Å². The van der Waals surface area contributed by atoms with E-state index >= 15 is 0 Å². The Labute approximate surface area is 120 Å². The summed E-state index contributed by atoms with van der Waals surface area (Å²) >= 11 is 0. The Morgan fingerprint density at radius 2 is 2.10 bits per heavy atom. The first-order valence-electron chi connectivity index (χ1n) is 6.78. The molecular formula is C15H24N2O3. The lowest BCUT2D eigenvalue weighted by Crippen LogP contribution is -2.44. The number of phenols is 1. The molecule has 1 aromatic carbocycles. The van der Waals surface area contributed by atoms with Crippen LogP contribution in [0.4, 0.5) is 0 Å². The molecule has 0 aromatic heterocycles. The highest BCUT2D eigenvalue weighted by atomic mass is 16.5. The van der Waals surface area contributed by atoms with Gasteiger partial charge in [0.05, 0.1) is 12.6 Å². The molecule has 5 heteroatoms. The Morgan fingerprint density at radius 1 is 1.40 bits per heavy atom. The predicted molar refractivity (Wildman–Crippen MR) is 78.7 cm³/mol. The van der Waals surface area contributed by atoms with E-state index in [9.17, 15) is 9.90 Å². The number of carbonyl (C=O) groups excluding carboxylic acids is 1. The lowest BCUT2D eigenvalue weighted by Gasteiger charge is -2.21. The third-order valence-electron chi connectivity index (χ3n) is 3.15. The van der Waals surface area contributed by atoms with E-state index in [0.29, 0.717) is 13.2 Å². The molecule has 0 radical (unpaired) electrons. The van der Waals surface area contributed by atoms with Gasteiger partial charge in [-0.05, 0) is 26.8 Å². The molecule has 0 heterocycles. The minimum Gasteiger partial charge on any atom is -0.508 e. The molecule has 0 bridgehead atoms. The first kappa shape index (κ1) is 16.5. The first-order chi connectivity index (χ1) is 9.45. The summed E-state index contributed by atoms with van der Waals surface area (Å²) < 4.78 is 4.88. The van der Waals surface area contributed by atoms with Crippen LogP contribution in [-0.4, -0.2) is 37.3 Å². The van der Waals surface area contributed by atoms with E-state index in [4.69, 9.17) is 4.74 Å². The van der Waals surface area contributed by atoms with Crippen molar-refractivity contribution in [2.45, 2.75) is 32.9 Å². The van der Waals surface area contributed by atoms with E-state index in [1.807, 2.05) is 26.0 Å². The summed E-state index contributed by atoms with van der Waals surface area (Å²) in [5, 5.41) is 15.8. The van der Waals surface area contributed by atoms with Crippen LogP contribution in [0.3, 0.4) is 0 Å². The van der Waals surface area contributed by atoms with Gasteiger partial charge in [0.2, 0.25) is 5.91 Å².